The number of hydrogen-bond acceptors (Lipinski definition) is 4. The Hall–Kier alpha value is -3.22. The highest BCUT2D eigenvalue weighted by Gasteiger charge is 2.66. The maximum atomic E-state index is 14.3. The second kappa shape index (κ2) is 7.80. The summed E-state index contributed by atoms with van der Waals surface area (Å²) in [6.45, 7) is 4.04. The summed E-state index contributed by atoms with van der Waals surface area (Å²) in [6, 6.07) is 12.2. The van der Waals surface area contributed by atoms with Crippen LogP contribution in [0.5, 0.6) is 0 Å². The molecule has 1 fully saturated rings. The normalized spacial score (nSPS) is 24.4. The van der Waals surface area contributed by atoms with Crippen molar-refractivity contribution in [3.8, 4) is 0 Å². The van der Waals surface area contributed by atoms with Crippen molar-refractivity contribution in [3.05, 3.63) is 65.5 Å². The fraction of sp³-hybridized carbons (Fsp3) is 0.375. The first-order chi connectivity index (χ1) is 14.8. The number of benzene rings is 2. The van der Waals surface area contributed by atoms with E-state index < -0.39 is 35.2 Å². The molecule has 7 heteroatoms. The average Bonchev–Trinajstić information content (AvgIpc) is 3.23. The molecule has 1 N–H and O–H groups in total. The van der Waals surface area contributed by atoms with E-state index in [2.05, 4.69) is 5.32 Å². The zero-order valence-corrected chi connectivity index (χ0v) is 17.7. The van der Waals surface area contributed by atoms with Gasteiger partial charge in [0.2, 0.25) is 0 Å². The molecule has 0 unspecified atom stereocenters. The lowest BCUT2D eigenvalue weighted by molar-refractivity contribution is -0.151. The largest absolute Gasteiger partial charge is 0.469 e. The smallest absolute Gasteiger partial charge is 0.312 e. The van der Waals surface area contributed by atoms with E-state index in [-0.39, 0.29) is 18.2 Å². The molecule has 2 aromatic carbocycles. The Morgan fingerprint density at radius 1 is 1.23 bits per heavy atom. The number of nitrogens with zero attached hydrogens (tertiary/aromatic N) is 1. The average molecular weight is 424 g/mol. The highest BCUT2D eigenvalue weighted by Crippen LogP contribution is 2.54. The third-order valence-corrected chi connectivity index (χ3v) is 6.21. The Morgan fingerprint density at radius 2 is 1.94 bits per heavy atom. The number of likely N-dealkylation sites (tertiary alicyclic amines) is 1. The summed E-state index contributed by atoms with van der Waals surface area (Å²) in [5.74, 6) is -2.76. The summed E-state index contributed by atoms with van der Waals surface area (Å²) in [5.41, 5.74) is -0.574. The Labute approximate surface area is 180 Å². The molecule has 2 aliphatic rings. The van der Waals surface area contributed by atoms with E-state index >= 15 is 0 Å². The van der Waals surface area contributed by atoms with Crippen LogP contribution in [0.1, 0.15) is 42.6 Å². The minimum atomic E-state index is -1.67. The van der Waals surface area contributed by atoms with E-state index in [0.29, 0.717) is 23.2 Å². The van der Waals surface area contributed by atoms with Gasteiger partial charge in [0.25, 0.3) is 11.8 Å². The number of carbonyl (C=O) groups is 3. The molecule has 6 nitrogen and oxygen atoms in total. The Bertz CT molecular complexity index is 1040. The number of anilines is 1. The molecule has 162 valence electrons. The molecule has 2 amide bonds. The molecule has 0 saturated carbocycles. The summed E-state index contributed by atoms with van der Waals surface area (Å²) < 4.78 is 19.4. The molecule has 0 radical (unpaired) electrons. The van der Waals surface area contributed by atoms with Gasteiger partial charge in [0.15, 0.2) is 5.54 Å². The van der Waals surface area contributed by atoms with Crippen LogP contribution >= 0.6 is 0 Å². The minimum Gasteiger partial charge on any atom is -0.469 e. The number of carbonyl (C=O) groups excluding carboxylic acids is 3. The number of ether oxygens (including phenoxy) is 1. The fourth-order valence-electron chi connectivity index (χ4n) is 5.07. The Kier molecular flexibility index (Phi) is 5.29. The number of fused-ring (bicyclic) bond motifs is 2. The van der Waals surface area contributed by atoms with Crippen LogP contribution in [0, 0.1) is 17.7 Å². The van der Waals surface area contributed by atoms with E-state index in [9.17, 15) is 18.8 Å². The lowest BCUT2D eigenvalue weighted by atomic mass is 9.79. The lowest BCUT2D eigenvalue weighted by Gasteiger charge is -2.39. The maximum absolute atomic E-state index is 14.3. The highest BCUT2D eigenvalue weighted by atomic mass is 19.1. The lowest BCUT2D eigenvalue weighted by Crippen LogP contribution is -2.56. The molecule has 1 saturated heterocycles. The number of amides is 2. The van der Waals surface area contributed by atoms with Crippen molar-refractivity contribution in [2.24, 2.45) is 11.8 Å². The molecule has 4 rings (SSSR count). The van der Waals surface area contributed by atoms with Gasteiger partial charge < -0.3 is 15.0 Å². The zero-order chi connectivity index (χ0) is 22.3. The molecule has 1 spiro atoms. The van der Waals surface area contributed by atoms with E-state index in [1.807, 2.05) is 13.8 Å². The van der Waals surface area contributed by atoms with Gasteiger partial charge in [0.1, 0.15) is 5.82 Å². The monoisotopic (exact) mass is 424 g/mol. The summed E-state index contributed by atoms with van der Waals surface area (Å²) in [7, 11) is 1.26. The molecular formula is C24H25FN2O4. The van der Waals surface area contributed by atoms with Crippen molar-refractivity contribution in [2.75, 3.05) is 12.4 Å². The third kappa shape index (κ3) is 3.19. The van der Waals surface area contributed by atoms with Crippen molar-refractivity contribution in [1.82, 2.24) is 4.90 Å². The first-order valence-electron chi connectivity index (χ1n) is 10.4. The number of methoxy groups -OCH3 is 1. The van der Waals surface area contributed by atoms with Gasteiger partial charge in [-0.3, -0.25) is 14.4 Å². The van der Waals surface area contributed by atoms with Gasteiger partial charge in [0, 0.05) is 22.9 Å². The standard InChI is InChI=1S/C24H25FN2O4/c1-14(2)11-17-13-19(22(29)31-3)24(27(17)21(28)15-7-5-4-6-8-15)18-12-16(25)9-10-20(18)26-23(24)30/h4-10,12,14,17,19H,11,13H2,1-3H3,(H,26,30)/t17-,19-,24+/m0/s1. The predicted octanol–water partition coefficient (Wildman–Crippen LogP) is 3.72. The van der Waals surface area contributed by atoms with Crippen molar-refractivity contribution in [2.45, 2.75) is 38.3 Å². The Balaban J connectivity index is 1.97. The fourth-order valence-corrected chi connectivity index (χ4v) is 5.07. The summed E-state index contributed by atoms with van der Waals surface area (Å²) in [5, 5.41) is 2.77. The Morgan fingerprint density at radius 3 is 2.58 bits per heavy atom. The van der Waals surface area contributed by atoms with Gasteiger partial charge in [-0.25, -0.2) is 4.39 Å². The number of halogens is 1. The van der Waals surface area contributed by atoms with Gasteiger partial charge in [0.05, 0.1) is 13.0 Å². The topological polar surface area (TPSA) is 75.7 Å². The molecule has 2 aromatic rings. The van der Waals surface area contributed by atoms with Gasteiger partial charge in [-0.2, -0.15) is 0 Å². The third-order valence-electron chi connectivity index (χ3n) is 6.21. The summed E-state index contributed by atoms with van der Waals surface area (Å²) >= 11 is 0. The molecule has 2 aliphatic heterocycles. The van der Waals surface area contributed by atoms with Crippen molar-refractivity contribution < 1.29 is 23.5 Å². The summed E-state index contributed by atoms with van der Waals surface area (Å²) in [6.07, 6.45) is 0.846. The van der Waals surface area contributed by atoms with Gasteiger partial charge in [-0.05, 0) is 49.1 Å². The summed E-state index contributed by atoms with van der Waals surface area (Å²) in [4.78, 5) is 41.8. The molecule has 3 atom stereocenters. The van der Waals surface area contributed by atoms with Crippen LogP contribution < -0.4 is 5.32 Å². The van der Waals surface area contributed by atoms with E-state index in [4.69, 9.17) is 4.74 Å². The van der Waals surface area contributed by atoms with Crippen LogP contribution in [-0.2, 0) is 19.9 Å². The predicted molar refractivity (Wildman–Crippen MR) is 113 cm³/mol. The van der Waals surface area contributed by atoms with Gasteiger partial charge >= 0.3 is 5.97 Å². The first kappa shape index (κ1) is 21.0. The molecule has 0 aromatic heterocycles. The molecule has 0 aliphatic carbocycles. The number of nitrogens with one attached hydrogen (secondary N) is 1. The van der Waals surface area contributed by atoms with Crippen molar-refractivity contribution in [1.29, 1.82) is 0 Å². The number of esters is 1. The maximum Gasteiger partial charge on any atom is 0.312 e. The van der Waals surface area contributed by atoms with Crippen LogP contribution in [0.4, 0.5) is 10.1 Å². The SMILES string of the molecule is COC(=O)[C@@H]1C[C@H](CC(C)C)N(C(=O)c2ccccc2)[C@@]12C(=O)Nc1ccc(F)cc12. The van der Waals surface area contributed by atoms with Crippen LogP contribution in [0.25, 0.3) is 0 Å². The van der Waals surface area contributed by atoms with Crippen LogP contribution in [-0.4, -0.2) is 35.8 Å². The zero-order valence-electron chi connectivity index (χ0n) is 17.7. The van der Waals surface area contributed by atoms with Crippen LogP contribution in [0.15, 0.2) is 48.5 Å². The van der Waals surface area contributed by atoms with E-state index in [1.165, 1.54) is 30.2 Å². The highest BCUT2D eigenvalue weighted by molar-refractivity contribution is 6.12. The van der Waals surface area contributed by atoms with E-state index in [0.717, 1.165) is 0 Å². The second-order valence-corrected chi connectivity index (χ2v) is 8.55. The van der Waals surface area contributed by atoms with Crippen molar-refractivity contribution in [3.63, 3.8) is 0 Å². The quantitative estimate of drug-likeness (QED) is 0.759. The molecule has 31 heavy (non-hydrogen) atoms. The molecule has 2 heterocycles. The van der Waals surface area contributed by atoms with Crippen LogP contribution in [0.2, 0.25) is 0 Å². The van der Waals surface area contributed by atoms with Crippen molar-refractivity contribution >= 4 is 23.5 Å². The van der Waals surface area contributed by atoms with Gasteiger partial charge in [-0.1, -0.05) is 32.0 Å². The molecule has 0 bridgehead atoms. The van der Waals surface area contributed by atoms with E-state index in [1.54, 1.807) is 30.3 Å². The second-order valence-electron chi connectivity index (χ2n) is 8.55. The number of hydrogen-bond donors (Lipinski definition) is 1. The number of rotatable bonds is 4. The molecular weight excluding hydrogens is 399 g/mol. The van der Waals surface area contributed by atoms with Crippen LogP contribution in [0.3, 0.4) is 0 Å². The minimum absolute atomic E-state index is 0.209. The van der Waals surface area contributed by atoms with Gasteiger partial charge in [-0.15, -0.1) is 0 Å². The first-order valence-corrected chi connectivity index (χ1v) is 10.4.